The van der Waals surface area contributed by atoms with E-state index >= 15 is 0 Å². The summed E-state index contributed by atoms with van der Waals surface area (Å²) in [5.74, 6) is 3.62. The van der Waals surface area contributed by atoms with Crippen LogP contribution in [0.2, 0.25) is 0 Å². The second-order valence-electron chi connectivity index (χ2n) is 6.17. The van der Waals surface area contributed by atoms with E-state index in [0.717, 1.165) is 30.2 Å². The van der Waals surface area contributed by atoms with Crippen molar-refractivity contribution in [1.82, 2.24) is 0 Å². The molecule has 3 unspecified atom stereocenters. The van der Waals surface area contributed by atoms with Crippen molar-refractivity contribution in [2.24, 2.45) is 29.4 Å². The molecule has 0 aliphatic heterocycles. The average Bonchev–Trinajstić information content (AvgIpc) is 2.28. The van der Waals surface area contributed by atoms with Crippen molar-refractivity contribution in [2.75, 3.05) is 6.54 Å². The first-order valence-corrected chi connectivity index (χ1v) is 7.37. The monoisotopic (exact) mass is 225 g/mol. The first-order chi connectivity index (χ1) is 7.67. The summed E-state index contributed by atoms with van der Waals surface area (Å²) in [6.07, 6.45) is 9.88. The normalized spacial score (nSPS) is 30.9. The Labute approximate surface area is 102 Å². The molecule has 16 heavy (non-hydrogen) atoms. The third-order valence-corrected chi connectivity index (χ3v) is 4.48. The second-order valence-corrected chi connectivity index (χ2v) is 6.17. The molecule has 1 fully saturated rings. The number of rotatable bonds is 6. The molecule has 2 N–H and O–H groups in total. The molecule has 3 atom stereocenters. The Kier molecular flexibility index (Phi) is 6.41. The van der Waals surface area contributed by atoms with Gasteiger partial charge in [0, 0.05) is 0 Å². The largest absolute Gasteiger partial charge is 0.330 e. The van der Waals surface area contributed by atoms with Gasteiger partial charge in [-0.05, 0) is 43.1 Å². The Morgan fingerprint density at radius 2 is 1.94 bits per heavy atom. The van der Waals surface area contributed by atoms with E-state index in [0.29, 0.717) is 0 Å². The van der Waals surface area contributed by atoms with Crippen LogP contribution in [0.5, 0.6) is 0 Å². The maximum atomic E-state index is 5.91. The maximum absolute atomic E-state index is 5.91. The van der Waals surface area contributed by atoms with Gasteiger partial charge in [-0.3, -0.25) is 0 Å². The molecule has 1 aliphatic carbocycles. The van der Waals surface area contributed by atoms with E-state index in [2.05, 4.69) is 20.8 Å². The van der Waals surface area contributed by atoms with Gasteiger partial charge in [0.05, 0.1) is 0 Å². The van der Waals surface area contributed by atoms with E-state index in [1.54, 1.807) is 0 Å². The van der Waals surface area contributed by atoms with Gasteiger partial charge in [-0.15, -0.1) is 0 Å². The highest BCUT2D eigenvalue weighted by Crippen LogP contribution is 2.37. The molecule has 0 spiro atoms. The molecule has 1 rings (SSSR count). The van der Waals surface area contributed by atoms with E-state index in [1.807, 2.05) is 0 Å². The number of nitrogens with two attached hydrogens (primary N) is 1. The standard InChI is InChI=1S/C15H31N/c1-4-13-8-9-15(11-16)14(10-13)7-5-6-12(2)3/h12-15H,4-11,16H2,1-3H3. The van der Waals surface area contributed by atoms with Crippen LogP contribution in [0.25, 0.3) is 0 Å². The van der Waals surface area contributed by atoms with Gasteiger partial charge in [0.25, 0.3) is 0 Å². The molecule has 1 aliphatic rings. The first-order valence-electron chi connectivity index (χ1n) is 7.37. The summed E-state index contributed by atoms with van der Waals surface area (Å²) < 4.78 is 0. The topological polar surface area (TPSA) is 26.0 Å². The Balaban J connectivity index is 2.33. The minimum atomic E-state index is 0.829. The molecule has 0 radical (unpaired) electrons. The van der Waals surface area contributed by atoms with E-state index < -0.39 is 0 Å². The van der Waals surface area contributed by atoms with E-state index in [-0.39, 0.29) is 0 Å². The number of hydrogen-bond acceptors (Lipinski definition) is 1. The van der Waals surface area contributed by atoms with Crippen LogP contribution in [-0.4, -0.2) is 6.54 Å². The van der Waals surface area contributed by atoms with Crippen LogP contribution < -0.4 is 5.73 Å². The van der Waals surface area contributed by atoms with Crippen LogP contribution in [0.15, 0.2) is 0 Å². The molecule has 1 saturated carbocycles. The Morgan fingerprint density at radius 1 is 1.19 bits per heavy atom. The summed E-state index contributed by atoms with van der Waals surface area (Å²) in [6, 6.07) is 0. The van der Waals surface area contributed by atoms with Crippen molar-refractivity contribution in [2.45, 2.75) is 65.7 Å². The molecule has 0 amide bonds. The lowest BCUT2D eigenvalue weighted by Gasteiger charge is -2.35. The smallest absolute Gasteiger partial charge is 0.00462 e. The lowest BCUT2D eigenvalue weighted by molar-refractivity contribution is 0.167. The van der Waals surface area contributed by atoms with Gasteiger partial charge in [0.1, 0.15) is 0 Å². The van der Waals surface area contributed by atoms with E-state index in [9.17, 15) is 0 Å². The molecule has 1 heteroatoms. The van der Waals surface area contributed by atoms with Crippen molar-refractivity contribution in [1.29, 1.82) is 0 Å². The Morgan fingerprint density at radius 3 is 2.50 bits per heavy atom. The van der Waals surface area contributed by atoms with Crippen LogP contribution in [0.1, 0.15) is 65.7 Å². The maximum Gasteiger partial charge on any atom is -0.00462 e. The predicted molar refractivity (Wildman–Crippen MR) is 72.4 cm³/mol. The molecule has 0 aromatic carbocycles. The zero-order chi connectivity index (χ0) is 12.0. The zero-order valence-electron chi connectivity index (χ0n) is 11.5. The highest BCUT2D eigenvalue weighted by molar-refractivity contribution is 4.80. The highest BCUT2D eigenvalue weighted by atomic mass is 14.6. The summed E-state index contributed by atoms with van der Waals surface area (Å²) in [6.45, 7) is 7.92. The van der Waals surface area contributed by atoms with Crippen LogP contribution in [0.4, 0.5) is 0 Å². The van der Waals surface area contributed by atoms with Gasteiger partial charge in [0.15, 0.2) is 0 Å². The summed E-state index contributed by atoms with van der Waals surface area (Å²) in [5.41, 5.74) is 5.91. The van der Waals surface area contributed by atoms with Crippen LogP contribution >= 0.6 is 0 Å². The molecular weight excluding hydrogens is 194 g/mol. The van der Waals surface area contributed by atoms with Gasteiger partial charge in [-0.25, -0.2) is 0 Å². The molecule has 0 aromatic heterocycles. The summed E-state index contributed by atoms with van der Waals surface area (Å²) in [5, 5.41) is 0. The van der Waals surface area contributed by atoms with Crippen LogP contribution in [0.3, 0.4) is 0 Å². The Hall–Kier alpha value is -0.0400. The predicted octanol–water partition coefficient (Wildman–Crippen LogP) is 4.21. The first kappa shape index (κ1) is 14.0. The van der Waals surface area contributed by atoms with Gasteiger partial charge in [-0.2, -0.15) is 0 Å². The lowest BCUT2D eigenvalue weighted by atomic mass is 9.71. The summed E-state index contributed by atoms with van der Waals surface area (Å²) in [4.78, 5) is 0. The minimum absolute atomic E-state index is 0.829. The van der Waals surface area contributed by atoms with Gasteiger partial charge in [0.2, 0.25) is 0 Å². The van der Waals surface area contributed by atoms with E-state index in [4.69, 9.17) is 5.73 Å². The van der Waals surface area contributed by atoms with Crippen molar-refractivity contribution in [3.05, 3.63) is 0 Å². The van der Waals surface area contributed by atoms with Crippen molar-refractivity contribution in [3.63, 3.8) is 0 Å². The van der Waals surface area contributed by atoms with Crippen LogP contribution in [0, 0.1) is 23.7 Å². The SMILES string of the molecule is CCC1CCC(CN)C(CCCC(C)C)C1. The summed E-state index contributed by atoms with van der Waals surface area (Å²) in [7, 11) is 0. The average molecular weight is 225 g/mol. The van der Waals surface area contributed by atoms with Crippen molar-refractivity contribution >= 4 is 0 Å². The highest BCUT2D eigenvalue weighted by Gasteiger charge is 2.28. The molecule has 0 aromatic rings. The van der Waals surface area contributed by atoms with Crippen molar-refractivity contribution < 1.29 is 0 Å². The quantitative estimate of drug-likeness (QED) is 0.720. The molecule has 0 bridgehead atoms. The molecular formula is C15H31N. The fourth-order valence-electron chi connectivity index (χ4n) is 3.25. The van der Waals surface area contributed by atoms with E-state index in [1.165, 1.54) is 44.9 Å². The fraction of sp³-hybridized carbons (Fsp3) is 1.00. The second kappa shape index (κ2) is 7.32. The zero-order valence-corrected chi connectivity index (χ0v) is 11.5. The number of hydrogen-bond donors (Lipinski definition) is 1. The third-order valence-electron chi connectivity index (χ3n) is 4.48. The van der Waals surface area contributed by atoms with Gasteiger partial charge < -0.3 is 5.73 Å². The van der Waals surface area contributed by atoms with Gasteiger partial charge >= 0.3 is 0 Å². The molecule has 96 valence electrons. The lowest BCUT2D eigenvalue weighted by Crippen LogP contribution is -2.30. The minimum Gasteiger partial charge on any atom is -0.330 e. The van der Waals surface area contributed by atoms with Gasteiger partial charge in [-0.1, -0.05) is 52.9 Å². The van der Waals surface area contributed by atoms with Crippen LogP contribution in [-0.2, 0) is 0 Å². The third kappa shape index (κ3) is 4.45. The molecule has 0 heterocycles. The molecule has 1 nitrogen and oxygen atoms in total. The molecule has 0 saturated heterocycles. The fourth-order valence-corrected chi connectivity index (χ4v) is 3.25. The Bertz CT molecular complexity index is 176. The van der Waals surface area contributed by atoms with Crippen molar-refractivity contribution in [3.8, 4) is 0 Å². The summed E-state index contributed by atoms with van der Waals surface area (Å²) >= 11 is 0.